The van der Waals surface area contributed by atoms with Crippen molar-refractivity contribution < 1.29 is 24.0 Å². The normalized spacial score (nSPS) is 10.6. The summed E-state index contributed by atoms with van der Waals surface area (Å²) in [5, 5.41) is 15.2. The van der Waals surface area contributed by atoms with Crippen molar-refractivity contribution in [2.45, 2.75) is 19.9 Å². The second-order valence-electron chi connectivity index (χ2n) is 5.09. The first-order valence-corrected chi connectivity index (χ1v) is 7.46. The number of esters is 1. The van der Waals surface area contributed by atoms with Crippen LogP contribution in [-0.2, 0) is 14.3 Å². The maximum atomic E-state index is 11.5. The lowest BCUT2D eigenvalue weighted by Crippen LogP contribution is -2.43. The van der Waals surface area contributed by atoms with Crippen LogP contribution in [0.4, 0.5) is 10.5 Å². The van der Waals surface area contributed by atoms with Crippen LogP contribution in [0.2, 0.25) is 5.02 Å². The number of nitro groups is 1. The molecule has 0 heterocycles. The van der Waals surface area contributed by atoms with E-state index >= 15 is 0 Å². The highest BCUT2D eigenvalue weighted by Gasteiger charge is 2.12. The van der Waals surface area contributed by atoms with Gasteiger partial charge in [-0.3, -0.25) is 20.2 Å². The summed E-state index contributed by atoms with van der Waals surface area (Å²) in [4.78, 5) is 44.3. The lowest BCUT2D eigenvalue weighted by atomic mass is 10.2. The predicted octanol–water partition coefficient (Wildman–Crippen LogP) is 2.04. The minimum Gasteiger partial charge on any atom is -0.452 e. The lowest BCUT2D eigenvalue weighted by Gasteiger charge is -2.08. The van der Waals surface area contributed by atoms with Gasteiger partial charge in [-0.25, -0.2) is 9.59 Å². The van der Waals surface area contributed by atoms with Crippen molar-refractivity contribution in [3.8, 4) is 0 Å². The Bertz CT molecular complexity index is 717. The summed E-state index contributed by atoms with van der Waals surface area (Å²) in [6, 6.07) is 3.14. The first-order chi connectivity index (χ1) is 11.7. The maximum Gasteiger partial charge on any atom is 0.331 e. The second kappa shape index (κ2) is 9.38. The molecule has 0 atom stereocenters. The number of nitrogens with zero attached hydrogens (tertiary/aromatic N) is 1. The fraction of sp³-hybridized carbons (Fsp3) is 0.267. The van der Waals surface area contributed by atoms with Crippen LogP contribution in [0.1, 0.15) is 19.4 Å². The minimum absolute atomic E-state index is 0.0268. The number of urea groups is 1. The summed E-state index contributed by atoms with van der Waals surface area (Å²) in [5.41, 5.74) is 0.0570. The molecular formula is C15H16ClN3O6. The van der Waals surface area contributed by atoms with Crippen molar-refractivity contribution in [3.05, 3.63) is 45.0 Å². The lowest BCUT2D eigenvalue weighted by molar-refractivity contribution is -0.384. The van der Waals surface area contributed by atoms with Crippen molar-refractivity contribution >= 4 is 41.3 Å². The molecule has 0 fully saturated rings. The first-order valence-electron chi connectivity index (χ1n) is 7.08. The highest BCUT2D eigenvalue weighted by Crippen LogP contribution is 2.25. The van der Waals surface area contributed by atoms with Gasteiger partial charge in [0, 0.05) is 18.2 Å². The van der Waals surface area contributed by atoms with E-state index < -0.39 is 29.4 Å². The molecule has 10 heteroatoms. The highest BCUT2D eigenvalue weighted by molar-refractivity contribution is 6.32. The first kappa shape index (κ1) is 20.1. The van der Waals surface area contributed by atoms with E-state index in [9.17, 15) is 24.5 Å². The van der Waals surface area contributed by atoms with Crippen LogP contribution in [0, 0.1) is 10.1 Å². The molecular weight excluding hydrogens is 354 g/mol. The van der Waals surface area contributed by atoms with E-state index in [0.29, 0.717) is 5.56 Å². The van der Waals surface area contributed by atoms with E-state index in [4.69, 9.17) is 11.6 Å². The summed E-state index contributed by atoms with van der Waals surface area (Å²) < 4.78 is 4.66. The zero-order valence-electron chi connectivity index (χ0n) is 13.4. The summed E-state index contributed by atoms with van der Waals surface area (Å²) in [7, 11) is 0. The van der Waals surface area contributed by atoms with Crippen LogP contribution in [-0.4, -0.2) is 35.5 Å². The molecule has 134 valence electrons. The number of rotatable bonds is 6. The van der Waals surface area contributed by atoms with Crippen LogP contribution in [0.25, 0.3) is 6.08 Å². The van der Waals surface area contributed by atoms with Gasteiger partial charge in [-0.2, -0.15) is 0 Å². The molecule has 0 bridgehead atoms. The number of nitro benzene ring substituents is 1. The molecule has 1 aromatic carbocycles. The number of carbonyl (C=O) groups excluding carboxylic acids is 3. The minimum atomic E-state index is -0.850. The van der Waals surface area contributed by atoms with Gasteiger partial charge in [-0.15, -0.1) is 0 Å². The number of carbonyl (C=O) groups is 3. The summed E-state index contributed by atoms with van der Waals surface area (Å²) in [6.45, 7) is 2.79. The Kier molecular flexibility index (Phi) is 7.54. The summed E-state index contributed by atoms with van der Waals surface area (Å²) in [5.74, 6) is -1.64. The molecule has 0 radical (unpaired) electrons. The van der Waals surface area contributed by atoms with Crippen molar-refractivity contribution in [1.29, 1.82) is 0 Å². The number of ether oxygens (including phenoxy) is 1. The van der Waals surface area contributed by atoms with Gasteiger partial charge in [-0.05, 0) is 31.6 Å². The Morgan fingerprint density at radius 2 is 2.04 bits per heavy atom. The van der Waals surface area contributed by atoms with E-state index in [0.717, 1.165) is 6.08 Å². The Morgan fingerprint density at radius 1 is 1.36 bits per heavy atom. The number of imide groups is 1. The molecule has 0 saturated heterocycles. The van der Waals surface area contributed by atoms with Gasteiger partial charge in [0.2, 0.25) is 0 Å². The van der Waals surface area contributed by atoms with Crippen LogP contribution in [0.5, 0.6) is 0 Å². The van der Waals surface area contributed by atoms with E-state index in [-0.39, 0.29) is 16.8 Å². The molecule has 1 aromatic rings. The van der Waals surface area contributed by atoms with Gasteiger partial charge in [0.1, 0.15) is 5.02 Å². The Hall–Kier alpha value is -2.94. The number of hydrogen-bond donors (Lipinski definition) is 2. The molecule has 0 unspecified atom stereocenters. The van der Waals surface area contributed by atoms with Crippen LogP contribution in [0.15, 0.2) is 24.3 Å². The van der Waals surface area contributed by atoms with Gasteiger partial charge in [-0.1, -0.05) is 17.7 Å². The van der Waals surface area contributed by atoms with Crippen LogP contribution in [0.3, 0.4) is 0 Å². The summed E-state index contributed by atoms with van der Waals surface area (Å²) >= 11 is 5.68. The van der Waals surface area contributed by atoms with Crippen molar-refractivity contribution in [3.63, 3.8) is 0 Å². The molecule has 9 nitrogen and oxygen atoms in total. The van der Waals surface area contributed by atoms with E-state index in [2.05, 4.69) is 10.1 Å². The highest BCUT2D eigenvalue weighted by atomic mass is 35.5. The molecule has 0 aliphatic heterocycles. The number of hydrogen-bond acceptors (Lipinski definition) is 6. The Balaban J connectivity index is 2.53. The van der Waals surface area contributed by atoms with Gasteiger partial charge in [0.25, 0.3) is 11.6 Å². The Morgan fingerprint density at radius 3 is 2.64 bits per heavy atom. The zero-order valence-corrected chi connectivity index (χ0v) is 14.2. The van der Waals surface area contributed by atoms with Gasteiger partial charge in [0.15, 0.2) is 6.61 Å². The van der Waals surface area contributed by atoms with E-state index in [1.165, 1.54) is 24.3 Å². The van der Waals surface area contributed by atoms with E-state index in [1.54, 1.807) is 13.8 Å². The number of nitrogens with one attached hydrogen (secondary N) is 2. The van der Waals surface area contributed by atoms with Crippen molar-refractivity contribution in [2.24, 2.45) is 0 Å². The average Bonchev–Trinajstić information content (AvgIpc) is 2.50. The van der Waals surface area contributed by atoms with Gasteiger partial charge >= 0.3 is 12.0 Å². The van der Waals surface area contributed by atoms with Crippen molar-refractivity contribution in [2.75, 3.05) is 6.61 Å². The van der Waals surface area contributed by atoms with E-state index in [1.807, 2.05) is 5.32 Å². The quantitative estimate of drug-likeness (QED) is 0.342. The second-order valence-corrected chi connectivity index (χ2v) is 5.49. The molecule has 0 spiro atoms. The number of amides is 3. The maximum absolute atomic E-state index is 11.5. The molecule has 25 heavy (non-hydrogen) atoms. The molecule has 1 rings (SSSR count). The molecule has 2 N–H and O–H groups in total. The topological polar surface area (TPSA) is 128 Å². The molecule has 0 aromatic heterocycles. The average molecular weight is 370 g/mol. The molecule has 0 aliphatic rings. The largest absolute Gasteiger partial charge is 0.452 e. The monoisotopic (exact) mass is 369 g/mol. The summed E-state index contributed by atoms with van der Waals surface area (Å²) in [6.07, 6.45) is 2.27. The van der Waals surface area contributed by atoms with Gasteiger partial charge < -0.3 is 10.1 Å². The van der Waals surface area contributed by atoms with Crippen LogP contribution >= 0.6 is 11.6 Å². The van der Waals surface area contributed by atoms with Gasteiger partial charge in [0.05, 0.1) is 4.92 Å². The molecule has 3 amide bonds. The Labute approximate surface area is 148 Å². The third kappa shape index (κ3) is 7.44. The molecule has 0 saturated carbocycles. The zero-order chi connectivity index (χ0) is 19.0. The van der Waals surface area contributed by atoms with Crippen LogP contribution < -0.4 is 10.6 Å². The smallest absolute Gasteiger partial charge is 0.331 e. The standard InChI is InChI=1S/C15H16ClN3O6/c1-9(2)17-15(22)18-13(20)8-25-14(21)6-4-10-3-5-11(16)12(7-10)19(23)24/h3-7,9H,8H2,1-2H3,(H2,17,18,20,22). The number of benzene rings is 1. The SMILES string of the molecule is CC(C)NC(=O)NC(=O)COC(=O)C=Cc1ccc(Cl)c([N+](=O)[O-])c1. The number of halogens is 1. The third-order valence-electron chi connectivity index (χ3n) is 2.60. The fourth-order valence-corrected chi connectivity index (χ4v) is 1.77. The predicted molar refractivity (Wildman–Crippen MR) is 89.9 cm³/mol. The fourth-order valence-electron chi connectivity index (χ4n) is 1.58. The third-order valence-corrected chi connectivity index (χ3v) is 2.92. The van der Waals surface area contributed by atoms with Crippen molar-refractivity contribution in [1.82, 2.24) is 10.6 Å². The molecule has 0 aliphatic carbocycles.